The van der Waals surface area contributed by atoms with Gasteiger partial charge in [0, 0.05) is 59.0 Å². The van der Waals surface area contributed by atoms with Crippen LogP contribution in [0.3, 0.4) is 0 Å². The summed E-state index contributed by atoms with van der Waals surface area (Å²) in [7, 11) is 0. The van der Waals surface area contributed by atoms with Gasteiger partial charge in [0.05, 0.1) is 10.9 Å². The Morgan fingerprint density at radius 2 is 2.07 bits per heavy atom. The minimum Gasteiger partial charge on any atom is -0.489 e. The van der Waals surface area contributed by atoms with Crippen LogP contribution in [-0.4, -0.2) is 26.0 Å². The first-order chi connectivity index (χ1) is 14.7. The summed E-state index contributed by atoms with van der Waals surface area (Å²) in [5, 5.41) is 4.09. The second-order valence-corrected chi connectivity index (χ2v) is 7.73. The summed E-state index contributed by atoms with van der Waals surface area (Å²) in [6, 6.07) is 7.10. The maximum atomic E-state index is 14.6. The van der Waals surface area contributed by atoms with E-state index < -0.39 is 0 Å². The number of halogens is 1. The molecule has 2 atom stereocenters. The Bertz CT molecular complexity index is 1310. The van der Waals surface area contributed by atoms with Gasteiger partial charge in [0.1, 0.15) is 29.8 Å². The number of benzene rings is 1. The molecular formula is C23H18FN5O. The van der Waals surface area contributed by atoms with Gasteiger partial charge in [-0.1, -0.05) is 6.07 Å². The maximum absolute atomic E-state index is 14.6. The molecule has 6 rings (SSSR count). The van der Waals surface area contributed by atoms with E-state index in [1.165, 1.54) is 12.4 Å². The van der Waals surface area contributed by atoms with E-state index in [9.17, 15) is 4.39 Å². The zero-order valence-electron chi connectivity index (χ0n) is 16.3. The lowest BCUT2D eigenvalue weighted by atomic mass is 10.0. The third-order valence-electron chi connectivity index (χ3n) is 5.92. The minimum atomic E-state index is -0.222. The van der Waals surface area contributed by atoms with Gasteiger partial charge in [-0.05, 0) is 31.5 Å². The van der Waals surface area contributed by atoms with Crippen molar-refractivity contribution >= 4 is 16.7 Å². The number of aryl methyl sites for hydroxylation is 1. The normalized spacial score (nSPS) is 18.6. The van der Waals surface area contributed by atoms with Crippen LogP contribution in [0.4, 0.5) is 10.2 Å². The average molecular weight is 399 g/mol. The molecular weight excluding hydrogens is 381 g/mol. The third-order valence-corrected chi connectivity index (χ3v) is 5.92. The van der Waals surface area contributed by atoms with Crippen LogP contribution >= 0.6 is 0 Å². The predicted molar refractivity (Wildman–Crippen MR) is 111 cm³/mol. The number of rotatable bonds is 4. The minimum absolute atomic E-state index is 0.218. The van der Waals surface area contributed by atoms with Gasteiger partial charge in [-0.25, -0.2) is 19.3 Å². The van der Waals surface area contributed by atoms with Crippen molar-refractivity contribution in [2.45, 2.75) is 31.9 Å². The van der Waals surface area contributed by atoms with Crippen molar-refractivity contribution in [1.82, 2.24) is 19.9 Å². The molecule has 0 bridgehead atoms. The van der Waals surface area contributed by atoms with Crippen molar-refractivity contribution in [1.29, 1.82) is 0 Å². The van der Waals surface area contributed by atoms with E-state index in [-0.39, 0.29) is 11.9 Å². The molecule has 1 unspecified atom stereocenters. The molecule has 1 aromatic carbocycles. The van der Waals surface area contributed by atoms with Crippen molar-refractivity contribution < 1.29 is 9.13 Å². The van der Waals surface area contributed by atoms with Gasteiger partial charge in [0.15, 0.2) is 0 Å². The average Bonchev–Trinajstić information content (AvgIpc) is 3.44. The first kappa shape index (κ1) is 17.3. The molecule has 0 spiro atoms. The van der Waals surface area contributed by atoms with Crippen LogP contribution in [0.2, 0.25) is 0 Å². The third kappa shape index (κ3) is 2.62. The number of ether oxygens (including phenoxy) is 1. The Hall–Kier alpha value is -3.61. The molecule has 1 aliphatic heterocycles. The number of hydrogen-bond donors (Lipinski definition) is 1. The highest BCUT2D eigenvalue weighted by Crippen LogP contribution is 2.55. The fraction of sp³-hybridized carbons (Fsp3) is 0.217. The van der Waals surface area contributed by atoms with Crippen molar-refractivity contribution in [2.24, 2.45) is 0 Å². The first-order valence-electron chi connectivity index (χ1n) is 9.93. The number of pyridine rings is 2. The maximum Gasteiger partial charge on any atom is 0.137 e. The van der Waals surface area contributed by atoms with Crippen LogP contribution in [-0.2, 0) is 6.54 Å². The zero-order chi connectivity index (χ0) is 20.2. The van der Waals surface area contributed by atoms with Gasteiger partial charge in [0.25, 0.3) is 0 Å². The summed E-state index contributed by atoms with van der Waals surface area (Å²) >= 11 is 0. The van der Waals surface area contributed by atoms with E-state index in [0.717, 1.165) is 45.5 Å². The van der Waals surface area contributed by atoms with Crippen LogP contribution in [0.1, 0.15) is 29.2 Å². The Labute approximate surface area is 172 Å². The van der Waals surface area contributed by atoms with Crippen molar-refractivity contribution in [3.8, 4) is 16.9 Å². The second-order valence-electron chi connectivity index (χ2n) is 7.73. The molecule has 3 aromatic heterocycles. The van der Waals surface area contributed by atoms with Gasteiger partial charge in [-0.15, -0.1) is 0 Å². The molecule has 6 nitrogen and oxygen atoms in total. The topological polar surface area (TPSA) is 72.8 Å². The van der Waals surface area contributed by atoms with Gasteiger partial charge in [-0.3, -0.25) is 4.98 Å². The summed E-state index contributed by atoms with van der Waals surface area (Å²) in [5.41, 5.74) is 5.20. The summed E-state index contributed by atoms with van der Waals surface area (Å²) in [6.07, 6.45) is 8.00. The smallest absolute Gasteiger partial charge is 0.137 e. The molecule has 4 aromatic rings. The Morgan fingerprint density at radius 1 is 1.13 bits per heavy atom. The number of aromatic nitrogens is 4. The highest BCUT2D eigenvalue weighted by atomic mass is 19.1. The van der Waals surface area contributed by atoms with Crippen molar-refractivity contribution in [3.63, 3.8) is 0 Å². The van der Waals surface area contributed by atoms with E-state index in [2.05, 4.69) is 25.3 Å². The van der Waals surface area contributed by atoms with Crippen LogP contribution < -0.4 is 10.1 Å². The molecule has 1 N–H and O–H groups in total. The summed E-state index contributed by atoms with van der Waals surface area (Å²) < 4.78 is 20.5. The monoisotopic (exact) mass is 399 g/mol. The predicted octanol–water partition coefficient (Wildman–Crippen LogP) is 4.39. The lowest BCUT2D eigenvalue weighted by Crippen LogP contribution is -2.07. The molecule has 1 fully saturated rings. The molecule has 4 heterocycles. The number of nitrogens with zero attached hydrogens (tertiary/aromatic N) is 4. The van der Waals surface area contributed by atoms with E-state index in [1.54, 1.807) is 24.7 Å². The molecule has 0 amide bonds. The van der Waals surface area contributed by atoms with E-state index >= 15 is 0 Å². The Morgan fingerprint density at radius 3 is 2.97 bits per heavy atom. The summed E-state index contributed by atoms with van der Waals surface area (Å²) in [6.45, 7) is 2.28. The highest BCUT2D eigenvalue weighted by Gasteiger charge is 2.49. The van der Waals surface area contributed by atoms with E-state index in [4.69, 9.17) is 4.74 Å². The molecule has 0 saturated heterocycles. The van der Waals surface area contributed by atoms with Gasteiger partial charge >= 0.3 is 0 Å². The van der Waals surface area contributed by atoms with Crippen molar-refractivity contribution in [2.75, 3.05) is 5.32 Å². The number of hydrogen-bond acceptors (Lipinski definition) is 6. The van der Waals surface area contributed by atoms with Gasteiger partial charge in [0.2, 0.25) is 0 Å². The molecule has 1 saturated carbocycles. The lowest BCUT2D eigenvalue weighted by Gasteiger charge is -2.14. The molecule has 1 aliphatic carbocycles. The molecule has 7 heteroatoms. The van der Waals surface area contributed by atoms with Crippen LogP contribution in [0.15, 0.2) is 49.2 Å². The fourth-order valence-electron chi connectivity index (χ4n) is 4.33. The molecule has 2 aliphatic rings. The SMILES string of the molecule is Cc1ncccc1-c1cnc(NCc2c(F)ccc3c2[C@H]2CC2O3)c2cncnc12. The van der Waals surface area contributed by atoms with Crippen molar-refractivity contribution in [3.05, 3.63) is 71.8 Å². The molecule has 30 heavy (non-hydrogen) atoms. The molecule has 0 radical (unpaired) electrons. The van der Waals surface area contributed by atoms with Crippen LogP contribution in [0, 0.1) is 12.7 Å². The Balaban J connectivity index is 1.39. The van der Waals surface area contributed by atoms with E-state index in [0.29, 0.717) is 23.8 Å². The standard InChI is InChI=1S/C23H18FN5O/c1-12-13(3-2-6-26-12)15-9-27-23(17-8-25-11-29-22(15)17)28-10-16-18(24)4-5-19-21(16)14-7-20(14)30-19/h2-6,8-9,11,14,20H,7,10H2,1H3,(H,27,28)/t14-,20?/m0/s1. The highest BCUT2D eigenvalue weighted by molar-refractivity contribution is 5.98. The Kier molecular flexibility index (Phi) is 3.71. The number of nitrogens with one attached hydrogen (secondary N) is 1. The summed E-state index contributed by atoms with van der Waals surface area (Å²) in [4.78, 5) is 17.7. The molecule has 148 valence electrons. The zero-order valence-corrected chi connectivity index (χ0v) is 16.3. The van der Waals surface area contributed by atoms with Crippen LogP contribution in [0.5, 0.6) is 5.75 Å². The van der Waals surface area contributed by atoms with Gasteiger partial charge in [-0.2, -0.15) is 0 Å². The second kappa shape index (κ2) is 6.45. The first-order valence-corrected chi connectivity index (χ1v) is 9.93. The number of anilines is 1. The van der Waals surface area contributed by atoms with E-state index in [1.807, 2.05) is 19.1 Å². The lowest BCUT2D eigenvalue weighted by molar-refractivity contribution is 0.318. The van der Waals surface area contributed by atoms with Crippen LogP contribution in [0.25, 0.3) is 22.0 Å². The quantitative estimate of drug-likeness (QED) is 0.549. The largest absolute Gasteiger partial charge is 0.489 e. The number of fused-ring (bicyclic) bond motifs is 4. The van der Waals surface area contributed by atoms with Gasteiger partial charge < -0.3 is 10.1 Å². The summed E-state index contributed by atoms with van der Waals surface area (Å²) in [5.74, 6) is 1.52. The fourth-order valence-corrected chi connectivity index (χ4v) is 4.33.